The van der Waals surface area contributed by atoms with Crippen LogP contribution in [0.2, 0.25) is 0 Å². The van der Waals surface area contributed by atoms with Gasteiger partial charge >= 0.3 is 0 Å². The van der Waals surface area contributed by atoms with E-state index in [1.165, 1.54) is 0 Å². The molecular formula is C12H16ClNO. The largest absolute Gasteiger partial charge is 0.398 e. The Balaban J connectivity index is 2.98. The Morgan fingerprint density at radius 3 is 2.67 bits per heavy atom. The maximum Gasteiger partial charge on any atom is 0.165 e. The van der Waals surface area contributed by atoms with Gasteiger partial charge in [-0.05, 0) is 37.5 Å². The van der Waals surface area contributed by atoms with Crippen LogP contribution in [0.3, 0.4) is 0 Å². The average molecular weight is 226 g/mol. The van der Waals surface area contributed by atoms with Crippen molar-refractivity contribution >= 4 is 23.1 Å². The number of carbonyl (C=O) groups excluding carboxylic acids is 1. The lowest BCUT2D eigenvalue weighted by Crippen LogP contribution is -2.06. The van der Waals surface area contributed by atoms with Crippen molar-refractivity contribution in [3.63, 3.8) is 0 Å². The van der Waals surface area contributed by atoms with Gasteiger partial charge in [0, 0.05) is 23.6 Å². The molecule has 1 rings (SSSR count). The third kappa shape index (κ3) is 2.96. The Morgan fingerprint density at radius 1 is 1.40 bits per heavy atom. The number of carbonyl (C=O) groups is 1. The molecule has 15 heavy (non-hydrogen) atoms. The van der Waals surface area contributed by atoms with Crippen LogP contribution in [-0.2, 0) is 0 Å². The lowest BCUT2D eigenvalue weighted by atomic mass is 9.99. The SMILES string of the molecule is Cc1cc(C)c(N)c(C(=O)CCCCl)c1. The highest BCUT2D eigenvalue weighted by molar-refractivity contribution is 6.18. The summed E-state index contributed by atoms with van der Waals surface area (Å²) in [5, 5.41) is 0. The van der Waals surface area contributed by atoms with Crippen LogP contribution in [0.25, 0.3) is 0 Å². The molecule has 0 spiro atoms. The van der Waals surface area contributed by atoms with Gasteiger partial charge in [-0.25, -0.2) is 0 Å². The normalized spacial score (nSPS) is 10.3. The van der Waals surface area contributed by atoms with Gasteiger partial charge in [-0.2, -0.15) is 0 Å². The highest BCUT2D eigenvalue weighted by atomic mass is 35.5. The van der Waals surface area contributed by atoms with E-state index in [2.05, 4.69) is 0 Å². The molecule has 82 valence electrons. The zero-order chi connectivity index (χ0) is 11.4. The second-order valence-electron chi connectivity index (χ2n) is 3.76. The fourth-order valence-electron chi connectivity index (χ4n) is 1.57. The van der Waals surface area contributed by atoms with Gasteiger partial charge in [-0.1, -0.05) is 6.07 Å². The van der Waals surface area contributed by atoms with E-state index >= 15 is 0 Å². The minimum atomic E-state index is 0.0833. The quantitative estimate of drug-likeness (QED) is 0.486. The van der Waals surface area contributed by atoms with E-state index in [1.807, 2.05) is 26.0 Å². The summed E-state index contributed by atoms with van der Waals surface area (Å²) < 4.78 is 0. The van der Waals surface area contributed by atoms with E-state index in [-0.39, 0.29) is 5.78 Å². The summed E-state index contributed by atoms with van der Waals surface area (Å²) >= 11 is 5.55. The zero-order valence-corrected chi connectivity index (χ0v) is 9.90. The summed E-state index contributed by atoms with van der Waals surface area (Å²) in [6.45, 7) is 3.88. The number of rotatable bonds is 4. The Hall–Kier alpha value is -1.02. The first kappa shape index (κ1) is 12.1. The molecule has 0 aromatic heterocycles. The van der Waals surface area contributed by atoms with Gasteiger partial charge in [0.2, 0.25) is 0 Å². The molecule has 0 saturated heterocycles. The van der Waals surface area contributed by atoms with Crippen molar-refractivity contribution in [1.29, 1.82) is 0 Å². The summed E-state index contributed by atoms with van der Waals surface area (Å²) in [4.78, 5) is 11.8. The Bertz CT molecular complexity index is 374. The summed E-state index contributed by atoms with van der Waals surface area (Å²) in [5.74, 6) is 0.594. The molecule has 3 heteroatoms. The number of nitrogens with two attached hydrogens (primary N) is 1. The van der Waals surface area contributed by atoms with Gasteiger partial charge in [-0.15, -0.1) is 11.6 Å². The van der Waals surface area contributed by atoms with Gasteiger partial charge in [-0.3, -0.25) is 4.79 Å². The van der Waals surface area contributed by atoms with Gasteiger partial charge in [0.1, 0.15) is 0 Å². The van der Waals surface area contributed by atoms with E-state index in [4.69, 9.17) is 17.3 Å². The van der Waals surface area contributed by atoms with Crippen molar-refractivity contribution in [2.75, 3.05) is 11.6 Å². The highest BCUT2D eigenvalue weighted by Crippen LogP contribution is 2.21. The predicted molar refractivity (Wildman–Crippen MR) is 64.6 cm³/mol. The monoisotopic (exact) mass is 225 g/mol. The van der Waals surface area contributed by atoms with Crippen LogP contribution in [0.5, 0.6) is 0 Å². The molecule has 2 N–H and O–H groups in total. The molecule has 0 atom stereocenters. The van der Waals surface area contributed by atoms with Crippen LogP contribution in [0, 0.1) is 13.8 Å². The number of halogens is 1. The molecule has 0 amide bonds. The molecule has 0 aliphatic heterocycles. The molecule has 0 aliphatic carbocycles. The van der Waals surface area contributed by atoms with Crippen molar-refractivity contribution < 1.29 is 4.79 Å². The lowest BCUT2D eigenvalue weighted by Gasteiger charge is -2.08. The fourth-order valence-corrected chi connectivity index (χ4v) is 1.71. The number of Topliss-reactive ketones (excluding diaryl/α,β-unsaturated/α-hetero) is 1. The van der Waals surface area contributed by atoms with Gasteiger partial charge in [0.15, 0.2) is 5.78 Å². The molecule has 1 aromatic rings. The third-order valence-electron chi connectivity index (χ3n) is 2.37. The number of alkyl halides is 1. The van der Waals surface area contributed by atoms with Gasteiger partial charge < -0.3 is 5.73 Å². The first-order valence-electron chi connectivity index (χ1n) is 5.02. The smallest absolute Gasteiger partial charge is 0.165 e. The minimum Gasteiger partial charge on any atom is -0.398 e. The van der Waals surface area contributed by atoms with Crippen LogP contribution < -0.4 is 5.73 Å². The summed E-state index contributed by atoms with van der Waals surface area (Å²) in [7, 11) is 0. The molecule has 0 bridgehead atoms. The van der Waals surface area contributed by atoms with Crippen LogP contribution >= 0.6 is 11.6 Å². The number of hydrogen-bond acceptors (Lipinski definition) is 2. The van der Waals surface area contributed by atoms with Crippen LogP contribution in [0.1, 0.15) is 34.3 Å². The van der Waals surface area contributed by atoms with Crippen LogP contribution in [0.4, 0.5) is 5.69 Å². The Morgan fingerprint density at radius 2 is 2.07 bits per heavy atom. The molecule has 0 saturated carbocycles. The molecule has 1 aromatic carbocycles. The average Bonchev–Trinajstić information content (AvgIpc) is 2.19. The van der Waals surface area contributed by atoms with Crippen molar-refractivity contribution in [2.45, 2.75) is 26.7 Å². The topological polar surface area (TPSA) is 43.1 Å². The number of aryl methyl sites for hydroxylation is 2. The molecule has 0 fully saturated rings. The number of anilines is 1. The van der Waals surface area contributed by atoms with E-state index < -0.39 is 0 Å². The first-order valence-corrected chi connectivity index (χ1v) is 5.55. The highest BCUT2D eigenvalue weighted by Gasteiger charge is 2.11. The van der Waals surface area contributed by atoms with E-state index in [0.29, 0.717) is 30.0 Å². The predicted octanol–water partition coefficient (Wildman–Crippen LogP) is 3.09. The summed E-state index contributed by atoms with van der Waals surface area (Å²) in [6, 6.07) is 3.83. The summed E-state index contributed by atoms with van der Waals surface area (Å²) in [6.07, 6.45) is 1.17. The van der Waals surface area contributed by atoms with Gasteiger partial charge in [0.05, 0.1) is 0 Å². The zero-order valence-electron chi connectivity index (χ0n) is 9.14. The molecule has 2 nitrogen and oxygen atoms in total. The molecule has 0 radical (unpaired) electrons. The second-order valence-corrected chi connectivity index (χ2v) is 4.14. The standard InChI is InChI=1S/C12H16ClNO/c1-8-6-9(2)12(14)10(7-8)11(15)4-3-5-13/h6-7H,3-5,14H2,1-2H3. The van der Waals surface area contributed by atoms with Crippen LogP contribution in [0.15, 0.2) is 12.1 Å². The molecule has 0 heterocycles. The number of benzene rings is 1. The van der Waals surface area contributed by atoms with Crippen LogP contribution in [-0.4, -0.2) is 11.7 Å². The maximum atomic E-state index is 11.8. The Labute approximate surface area is 95.4 Å². The first-order chi connectivity index (χ1) is 7.06. The maximum absolute atomic E-state index is 11.8. The molecular weight excluding hydrogens is 210 g/mol. The molecule has 0 aliphatic rings. The lowest BCUT2D eigenvalue weighted by molar-refractivity contribution is 0.0982. The second kappa shape index (κ2) is 5.17. The summed E-state index contributed by atoms with van der Waals surface area (Å²) in [5.41, 5.74) is 9.13. The third-order valence-corrected chi connectivity index (χ3v) is 2.64. The van der Waals surface area contributed by atoms with Crippen molar-refractivity contribution in [3.8, 4) is 0 Å². The van der Waals surface area contributed by atoms with Gasteiger partial charge in [0.25, 0.3) is 0 Å². The van der Waals surface area contributed by atoms with E-state index in [0.717, 1.165) is 11.1 Å². The number of nitrogen functional groups attached to an aromatic ring is 1. The Kier molecular flexibility index (Phi) is 4.15. The van der Waals surface area contributed by atoms with Crippen molar-refractivity contribution in [2.24, 2.45) is 0 Å². The van der Waals surface area contributed by atoms with Crippen molar-refractivity contribution in [1.82, 2.24) is 0 Å². The fraction of sp³-hybridized carbons (Fsp3) is 0.417. The van der Waals surface area contributed by atoms with E-state index in [1.54, 1.807) is 0 Å². The number of hydrogen-bond donors (Lipinski definition) is 1. The van der Waals surface area contributed by atoms with Crippen molar-refractivity contribution in [3.05, 3.63) is 28.8 Å². The molecule has 0 unspecified atom stereocenters. The minimum absolute atomic E-state index is 0.0833. The number of ketones is 1. The van der Waals surface area contributed by atoms with E-state index in [9.17, 15) is 4.79 Å².